The second kappa shape index (κ2) is 27.5. The van der Waals surface area contributed by atoms with Gasteiger partial charge in [0.2, 0.25) is 0 Å². The van der Waals surface area contributed by atoms with Crippen molar-refractivity contribution in [3.05, 3.63) is 0 Å². The van der Waals surface area contributed by atoms with E-state index in [1.165, 1.54) is 9.80 Å². The first kappa shape index (κ1) is 51.4. The molecule has 0 aliphatic heterocycles. The largest absolute Gasteiger partial charge is 1.00 e. The first-order valence-corrected chi connectivity index (χ1v) is 13.0. The van der Waals surface area contributed by atoms with Crippen LogP contribution in [0.3, 0.4) is 0 Å². The molecule has 0 bridgehead atoms. The van der Waals surface area contributed by atoms with Crippen molar-refractivity contribution in [2.75, 3.05) is 65.4 Å². The normalized spacial score (nSPS) is 15.2. The molecule has 0 spiro atoms. The molecule has 21 nitrogen and oxygen atoms in total. The molecule has 0 aromatic rings. The van der Waals surface area contributed by atoms with Gasteiger partial charge in [0.1, 0.15) is 0 Å². The minimum Gasteiger partial charge on any atom is -0.549 e. The third-order valence-electron chi connectivity index (χ3n) is 6.14. The molecular weight excluding hydrogens is 662 g/mol. The van der Waals surface area contributed by atoms with Crippen LogP contribution < -0.4 is 69.3 Å². The van der Waals surface area contributed by atoms with Gasteiger partial charge in [0.05, 0.1) is 51.2 Å². The smallest absolute Gasteiger partial charge is 0.549 e. The second-order valence-electron chi connectivity index (χ2n) is 9.76. The second-order valence-corrected chi connectivity index (χ2v) is 9.76. The zero-order valence-corrected chi connectivity index (χ0v) is 30.1. The van der Waals surface area contributed by atoms with Crippen LogP contribution in [0.1, 0.15) is 25.7 Å². The Hall–Kier alpha value is -2.44. The molecule has 1 rings (SSSR count). The Labute approximate surface area is 312 Å². The number of nitrogens with zero attached hydrogens (tertiary/aromatic N) is 4. The molecule has 0 saturated heterocycles. The fraction of sp³-hybridized carbons (Fsp3) is 0.667. The number of rotatable bonds is 21. The molecular formula is C24H38N4Na2O17. The van der Waals surface area contributed by atoms with Crippen molar-refractivity contribution < 1.29 is 144 Å². The Bertz CT molecular complexity index is 907. The number of hydrogen-bond acceptors (Lipinski definition) is 14. The van der Waals surface area contributed by atoms with Crippen LogP contribution in [0.15, 0.2) is 0 Å². The summed E-state index contributed by atoms with van der Waals surface area (Å²) in [5.74, 6) is -10.3. The Kier molecular flexibility index (Phi) is 30.1. The summed E-state index contributed by atoms with van der Waals surface area (Å²) >= 11 is 0. The summed E-state index contributed by atoms with van der Waals surface area (Å²) in [7, 11) is 0. The summed E-state index contributed by atoms with van der Waals surface area (Å²) in [6.45, 7) is -4.75. The van der Waals surface area contributed by atoms with Crippen LogP contribution in [0.25, 0.3) is 0 Å². The van der Waals surface area contributed by atoms with Crippen LogP contribution in [0.5, 0.6) is 0 Å². The molecule has 0 unspecified atom stereocenters. The van der Waals surface area contributed by atoms with Crippen molar-refractivity contribution in [2.45, 2.75) is 37.8 Å². The molecule has 1 aliphatic carbocycles. The Morgan fingerprint density at radius 1 is 0.468 bits per heavy atom. The number of hydrogen-bond donors (Lipinski definition) is 6. The van der Waals surface area contributed by atoms with E-state index in [-0.39, 0.29) is 77.7 Å². The maximum atomic E-state index is 11.0. The van der Waals surface area contributed by atoms with Gasteiger partial charge in [-0.05, 0) is 12.8 Å². The van der Waals surface area contributed by atoms with E-state index >= 15 is 0 Å². The van der Waals surface area contributed by atoms with Crippen molar-refractivity contribution in [2.24, 2.45) is 0 Å². The number of carboxylic acid groups (broad SMARTS) is 8. The minimum atomic E-state index is -1.51. The zero-order valence-electron chi connectivity index (χ0n) is 26.1. The molecule has 0 aromatic heterocycles. The van der Waals surface area contributed by atoms with E-state index in [2.05, 4.69) is 0 Å². The van der Waals surface area contributed by atoms with Crippen molar-refractivity contribution in [3.63, 3.8) is 0 Å². The summed E-state index contributed by atoms with van der Waals surface area (Å²) in [6.07, 6.45) is 2.46. The molecule has 0 radical (unpaired) electrons. The van der Waals surface area contributed by atoms with Crippen molar-refractivity contribution in [1.29, 1.82) is 0 Å². The predicted octanol–water partition coefficient (Wildman–Crippen LogP) is -12.3. The third kappa shape index (κ3) is 26.2. The molecule has 2 atom stereocenters. The number of carbonyl (C=O) groups excluding carboxylic acids is 2. The quantitative estimate of drug-likeness (QED) is 0.0605. The molecule has 1 saturated carbocycles. The number of aliphatic carboxylic acids is 8. The Balaban J connectivity index is -0.000000376. The van der Waals surface area contributed by atoms with Crippen molar-refractivity contribution in [3.8, 4) is 0 Å². The van der Waals surface area contributed by atoms with E-state index in [0.29, 0.717) is 12.8 Å². The van der Waals surface area contributed by atoms with E-state index in [0.717, 1.165) is 22.6 Å². The van der Waals surface area contributed by atoms with Crippen LogP contribution >= 0.6 is 0 Å². The molecule has 8 N–H and O–H groups in total. The molecule has 0 amide bonds. The third-order valence-corrected chi connectivity index (χ3v) is 6.14. The van der Waals surface area contributed by atoms with Gasteiger partial charge < -0.3 is 55.9 Å². The van der Waals surface area contributed by atoms with E-state index in [4.69, 9.17) is 30.6 Å². The summed E-state index contributed by atoms with van der Waals surface area (Å²) in [5.41, 5.74) is 0. The van der Waals surface area contributed by atoms with Gasteiger partial charge in [-0.2, -0.15) is 0 Å². The van der Waals surface area contributed by atoms with Gasteiger partial charge in [0.15, 0.2) is 0 Å². The van der Waals surface area contributed by atoms with Gasteiger partial charge in [-0.25, -0.2) is 0 Å². The molecule has 0 heterocycles. The van der Waals surface area contributed by atoms with Gasteiger partial charge >= 0.3 is 94.9 Å². The van der Waals surface area contributed by atoms with E-state index < -0.39 is 112 Å². The molecule has 1 aliphatic rings. The fourth-order valence-electron chi connectivity index (χ4n) is 4.68. The zero-order chi connectivity index (χ0) is 34.0. The van der Waals surface area contributed by atoms with E-state index in [9.17, 15) is 48.6 Å². The average Bonchev–Trinajstić information content (AvgIpc) is 2.84. The van der Waals surface area contributed by atoms with Crippen LogP contribution in [0, 0.1) is 0 Å². The summed E-state index contributed by atoms with van der Waals surface area (Å²) in [4.78, 5) is 90.5. The summed E-state index contributed by atoms with van der Waals surface area (Å²) < 4.78 is 0. The standard InChI is InChI=1S/C14H22N2O8.C10H16N2O8.2Na.H2O/c17-11(18)5-15(6-12(19)20)9-3-1-2-4-10(9)16(7-13(21)22)8-14(23)24;13-7(14)3-11(4-8(15)16)1-2-12(5-9(17)18)6-10(19)20;;;/h9-10H,1-8H2,(H,17,18)(H,19,20)(H,21,22)(H,23,24);1-6H2,(H,13,14)(H,15,16)(H,17,18)(H,19,20);;;1H2/q;;2*+1;/p-2/t9-,10-;;;;/m1..../s1. The number of carboxylic acids is 8. The van der Waals surface area contributed by atoms with Gasteiger partial charge in [-0.1, -0.05) is 12.8 Å². The first-order chi connectivity index (χ1) is 20.4. The number of carbonyl (C=O) groups is 8. The SMILES string of the molecule is O.O=C(O)CN(CC(=O)O)[C@@H]1CCCC[C@H]1N(CC(=O)O)CC(=O)O.O=C([O-])CN(CCN(CC(=O)O)CC(=O)O)CC(=O)[O-].[Na+].[Na+]. The summed E-state index contributed by atoms with van der Waals surface area (Å²) in [6, 6.07) is -1.05. The molecule has 1 fully saturated rings. The maximum absolute atomic E-state index is 11.0. The van der Waals surface area contributed by atoms with E-state index in [1.807, 2.05) is 0 Å². The van der Waals surface area contributed by atoms with Crippen molar-refractivity contribution >= 4 is 47.8 Å². The summed E-state index contributed by atoms with van der Waals surface area (Å²) in [5, 5.41) is 74.1. The Morgan fingerprint density at radius 3 is 0.915 bits per heavy atom. The minimum absolute atomic E-state index is 0. The van der Waals surface area contributed by atoms with Gasteiger partial charge in [0.25, 0.3) is 0 Å². The van der Waals surface area contributed by atoms with E-state index in [1.54, 1.807) is 0 Å². The molecule has 47 heavy (non-hydrogen) atoms. The maximum Gasteiger partial charge on any atom is 1.00 e. The van der Waals surface area contributed by atoms with Crippen LogP contribution in [-0.4, -0.2) is 181 Å². The predicted molar refractivity (Wildman–Crippen MR) is 142 cm³/mol. The molecule has 23 heteroatoms. The monoisotopic (exact) mass is 700 g/mol. The fourth-order valence-corrected chi connectivity index (χ4v) is 4.68. The van der Waals surface area contributed by atoms with Gasteiger partial charge in [0, 0.05) is 38.3 Å². The topological polar surface area (TPSA) is 349 Å². The average molecular weight is 701 g/mol. The van der Waals surface area contributed by atoms with Gasteiger partial charge in [-0.3, -0.25) is 48.4 Å². The van der Waals surface area contributed by atoms with Crippen LogP contribution in [-0.2, 0) is 38.4 Å². The first-order valence-electron chi connectivity index (χ1n) is 13.0. The molecule has 258 valence electrons. The Morgan fingerprint density at radius 2 is 0.702 bits per heavy atom. The van der Waals surface area contributed by atoms with Gasteiger partial charge in [-0.15, -0.1) is 0 Å². The van der Waals surface area contributed by atoms with Crippen LogP contribution in [0.4, 0.5) is 0 Å². The van der Waals surface area contributed by atoms with Crippen LogP contribution in [0.2, 0.25) is 0 Å². The van der Waals surface area contributed by atoms with Crippen molar-refractivity contribution in [1.82, 2.24) is 19.6 Å². The molecule has 0 aromatic carbocycles.